The van der Waals surface area contributed by atoms with E-state index in [0.717, 1.165) is 10.6 Å². The highest BCUT2D eigenvalue weighted by molar-refractivity contribution is 7.10. The van der Waals surface area contributed by atoms with Gasteiger partial charge in [0.25, 0.3) is 11.8 Å². The van der Waals surface area contributed by atoms with Crippen molar-refractivity contribution in [2.45, 2.75) is 37.6 Å². The van der Waals surface area contributed by atoms with E-state index >= 15 is 0 Å². The summed E-state index contributed by atoms with van der Waals surface area (Å²) in [5.41, 5.74) is 2.89. The van der Waals surface area contributed by atoms with Crippen LogP contribution in [0.3, 0.4) is 0 Å². The Kier molecular flexibility index (Phi) is 8.89. The number of aliphatic hydroxyl groups is 1. The standard InChI is InChI=1S/C31H28F3N3O4S/c32-31(33,34)41-23-12-10-21(11-13-23)24-8-4-5-9-25(24)35-28(39)26-19-42-29(36-26)22-14-16-37(17-15-22)30(40)27(38)18-20-6-2-1-3-7-20/h1-13,19,22,27,38H,14-18H2,(H,35,39)/t27-/m1/s1. The van der Waals surface area contributed by atoms with Gasteiger partial charge in [0.2, 0.25) is 0 Å². The molecule has 1 fully saturated rings. The molecule has 4 aromatic rings. The Morgan fingerprint density at radius 2 is 1.67 bits per heavy atom. The first-order valence-corrected chi connectivity index (χ1v) is 14.3. The van der Waals surface area contributed by atoms with Crippen LogP contribution in [0.5, 0.6) is 5.75 Å². The molecule has 5 rings (SSSR count). The van der Waals surface area contributed by atoms with Gasteiger partial charge in [-0.15, -0.1) is 24.5 Å². The third kappa shape index (κ3) is 7.34. The van der Waals surface area contributed by atoms with Crippen molar-refractivity contribution in [3.63, 3.8) is 0 Å². The number of carbonyl (C=O) groups excluding carboxylic acids is 2. The molecule has 0 spiro atoms. The molecule has 1 atom stereocenters. The lowest BCUT2D eigenvalue weighted by molar-refractivity contribution is -0.274. The summed E-state index contributed by atoms with van der Waals surface area (Å²) in [6.45, 7) is 0.993. The van der Waals surface area contributed by atoms with Gasteiger partial charge >= 0.3 is 6.36 Å². The van der Waals surface area contributed by atoms with E-state index < -0.39 is 18.4 Å². The van der Waals surface area contributed by atoms with Gasteiger partial charge < -0.3 is 20.1 Å². The lowest BCUT2D eigenvalue weighted by Crippen LogP contribution is -2.44. The number of halogens is 3. The molecule has 1 aliphatic rings. The number of thiazole rings is 1. The number of alkyl halides is 3. The number of anilines is 1. The fourth-order valence-corrected chi connectivity index (χ4v) is 5.90. The average molecular weight is 596 g/mol. The predicted molar refractivity (Wildman–Crippen MR) is 153 cm³/mol. The lowest BCUT2D eigenvalue weighted by atomic mass is 9.96. The molecule has 7 nitrogen and oxygen atoms in total. The molecule has 0 aliphatic carbocycles. The van der Waals surface area contributed by atoms with Crippen LogP contribution in [-0.2, 0) is 11.2 Å². The highest BCUT2D eigenvalue weighted by atomic mass is 32.1. The number of rotatable bonds is 8. The second-order valence-corrected chi connectivity index (χ2v) is 10.8. The van der Waals surface area contributed by atoms with E-state index in [4.69, 9.17) is 0 Å². The second-order valence-electron chi connectivity index (χ2n) is 9.95. The molecule has 1 saturated heterocycles. The van der Waals surface area contributed by atoms with Crippen molar-refractivity contribution in [3.8, 4) is 16.9 Å². The number of hydrogen-bond acceptors (Lipinski definition) is 6. The van der Waals surface area contributed by atoms with Gasteiger partial charge in [0.1, 0.15) is 17.5 Å². The zero-order valence-electron chi connectivity index (χ0n) is 22.4. The van der Waals surface area contributed by atoms with Crippen LogP contribution in [0.15, 0.2) is 84.2 Å². The minimum absolute atomic E-state index is 0.0941. The number of piperidine rings is 1. The van der Waals surface area contributed by atoms with Crippen LogP contribution in [-0.4, -0.2) is 52.4 Å². The van der Waals surface area contributed by atoms with Crippen molar-refractivity contribution < 1.29 is 32.6 Å². The first-order valence-electron chi connectivity index (χ1n) is 13.4. The Balaban J connectivity index is 1.18. The van der Waals surface area contributed by atoms with Gasteiger partial charge in [-0.2, -0.15) is 0 Å². The summed E-state index contributed by atoms with van der Waals surface area (Å²) < 4.78 is 41.4. The van der Waals surface area contributed by atoms with E-state index in [1.807, 2.05) is 30.3 Å². The number of amides is 2. The summed E-state index contributed by atoms with van der Waals surface area (Å²) in [6, 6.07) is 21.8. The number of carbonyl (C=O) groups is 2. The maximum atomic E-state index is 13.1. The van der Waals surface area contributed by atoms with E-state index in [-0.39, 0.29) is 29.7 Å². The minimum atomic E-state index is -4.78. The molecular formula is C31H28F3N3O4S. The van der Waals surface area contributed by atoms with Crippen molar-refractivity contribution in [2.24, 2.45) is 0 Å². The van der Waals surface area contributed by atoms with Gasteiger partial charge in [-0.05, 0) is 42.2 Å². The van der Waals surface area contributed by atoms with Crippen LogP contribution >= 0.6 is 11.3 Å². The van der Waals surface area contributed by atoms with Crippen molar-refractivity contribution in [3.05, 3.63) is 101 Å². The molecule has 2 amide bonds. The molecule has 2 N–H and O–H groups in total. The third-order valence-corrected chi connectivity index (χ3v) is 8.05. The first-order chi connectivity index (χ1) is 20.2. The van der Waals surface area contributed by atoms with E-state index in [9.17, 15) is 27.9 Å². The fraction of sp³-hybridized carbons (Fsp3) is 0.258. The molecule has 3 aromatic carbocycles. The summed E-state index contributed by atoms with van der Waals surface area (Å²) in [7, 11) is 0. The van der Waals surface area contributed by atoms with E-state index in [2.05, 4.69) is 15.0 Å². The molecule has 218 valence electrons. The number of nitrogens with one attached hydrogen (secondary N) is 1. The SMILES string of the molecule is O=C(Nc1ccccc1-c1ccc(OC(F)(F)F)cc1)c1csc(C2CCN(C(=O)[C@H](O)Cc3ccccc3)CC2)n1. The molecule has 2 heterocycles. The van der Waals surface area contributed by atoms with Crippen LogP contribution in [0.1, 0.15) is 39.8 Å². The Morgan fingerprint density at radius 1 is 1.00 bits per heavy atom. The summed E-state index contributed by atoms with van der Waals surface area (Å²) in [5, 5.41) is 15.8. The molecule has 0 bridgehead atoms. The minimum Gasteiger partial charge on any atom is -0.406 e. The molecule has 0 unspecified atom stereocenters. The van der Waals surface area contributed by atoms with E-state index in [1.54, 1.807) is 34.5 Å². The predicted octanol–water partition coefficient (Wildman–Crippen LogP) is 6.27. The smallest absolute Gasteiger partial charge is 0.406 e. The highest BCUT2D eigenvalue weighted by Gasteiger charge is 2.31. The van der Waals surface area contributed by atoms with Crippen LogP contribution in [0.4, 0.5) is 18.9 Å². The average Bonchev–Trinajstić information content (AvgIpc) is 3.48. The van der Waals surface area contributed by atoms with Crippen LogP contribution in [0, 0.1) is 0 Å². The third-order valence-electron chi connectivity index (χ3n) is 7.04. The number of aliphatic hydroxyl groups excluding tert-OH is 1. The number of aromatic nitrogens is 1. The molecule has 1 aliphatic heterocycles. The quantitative estimate of drug-likeness (QED) is 0.251. The number of benzene rings is 3. The van der Waals surface area contributed by atoms with Crippen LogP contribution in [0.2, 0.25) is 0 Å². The Bertz CT molecular complexity index is 1520. The van der Waals surface area contributed by atoms with Gasteiger partial charge in [0, 0.05) is 42.1 Å². The second kappa shape index (κ2) is 12.7. The summed E-state index contributed by atoms with van der Waals surface area (Å²) >= 11 is 1.39. The Morgan fingerprint density at radius 3 is 2.36 bits per heavy atom. The number of likely N-dealkylation sites (tertiary alicyclic amines) is 1. The Labute approximate surface area is 244 Å². The topological polar surface area (TPSA) is 91.8 Å². The van der Waals surface area contributed by atoms with Crippen molar-refractivity contribution in [1.29, 1.82) is 0 Å². The summed E-state index contributed by atoms with van der Waals surface area (Å²) in [5.74, 6) is -0.922. The van der Waals surface area contributed by atoms with Crippen LogP contribution in [0.25, 0.3) is 11.1 Å². The van der Waals surface area contributed by atoms with Crippen molar-refractivity contribution in [1.82, 2.24) is 9.88 Å². The van der Waals surface area contributed by atoms with Gasteiger partial charge in [-0.3, -0.25) is 9.59 Å². The normalized spacial score (nSPS) is 14.8. The monoisotopic (exact) mass is 595 g/mol. The molecule has 1 aromatic heterocycles. The van der Waals surface area contributed by atoms with Crippen molar-refractivity contribution in [2.75, 3.05) is 18.4 Å². The number of hydrogen-bond donors (Lipinski definition) is 2. The van der Waals surface area contributed by atoms with Gasteiger partial charge in [-0.1, -0.05) is 60.7 Å². The molecular weight excluding hydrogens is 567 g/mol. The zero-order valence-corrected chi connectivity index (χ0v) is 23.2. The number of para-hydroxylation sites is 1. The van der Waals surface area contributed by atoms with Gasteiger partial charge in [-0.25, -0.2) is 4.98 Å². The van der Waals surface area contributed by atoms with Gasteiger partial charge in [0.05, 0.1) is 5.01 Å². The van der Waals surface area contributed by atoms with E-state index in [1.165, 1.54) is 35.6 Å². The molecule has 42 heavy (non-hydrogen) atoms. The number of nitrogens with zero attached hydrogens (tertiary/aromatic N) is 2. The highest BCUT2D eigenvalue weighted by Crippen LogP contribution is 2.33. The van der Waals surface area contributed by atoms with E-state index in [0.29, 0.717) is 42.7 Å². The summed E-state index contributed by atoms with van der Waals surface area (Å²) in [6.07, 6.45) is -4.25. The fourth-order valence-electron chi connectivity index (χ4n) is 4.93. The molecule has 0 saturated carbocycles. The summed E-state index contributed by atoms with van der Waals surface area (Å²) in [4.78, 5) is 32.1. The maximum absolute atomic E-state index is 13.1. The zero-order chi connectivity index (χ0) is 29.7. The molecule has 11 heteroatoms. The lowest BCUT2D eigenvalue weighted by Gasteiger charge is -2.32. The van der Waals surface area contributed by atoms with Gasteiger partial charge in [0.15, 0.2) is 0 Å². The van der Waals surface area contributed by atoms with Crippen molar-refractivity contribution >= 4 is 28.8 Å². The Hall–Kier alpha value is -4.22. The number of ether oxygens (including phenoxy) is 1. The van der Waals surface area contributed by atoms with Crippen LogP contribution < -0.4 is 10.1 Å². The maximum Gasteiger partial charge on any atom is 0.573 e. The largest absolute Gasteiger partial charge is 0.573 e. The molecule has 0 radical (unpaired) electrons. The first kappa shape index (κ1) is 29.3.